The highest BCUT2D eigenvalue weighted by atomic mass is 32.2. The van der Waals surface area contributed by atoms with Crippen LogP contribution in [0.25, 0.3) is 15.9 Å². The number of anilines is 1. The van der Waals surface area contributed by atoms with Crippen LogP contribution in [0, 0.1) is 13.8 Å². The molecule has 5 rings (SSSR count). The van der Waals surface area contributed by atoms with Crippen LogP contribution >= 0.6 is 23.1 Å². The van der Waals surface area contributed by atoms with Crippen molar-refractivity contribution in [2.75, 3.05) is 5.32 Å². The largest absolute Gasteiger partial charge is 0.326 e. The van der Waals surface area contributed by atoms with Crippen molar-refractivity contribution < 1.29 is 4.79 Å². The van der Waals surface area contributed by atoms with E-state index in [-0.39, 0.29) is 16.7 Å². The van der Waals surface area contributed by atoms with Gasteiger partial charge in [-0.3, -0.25) is 14.2 Å². The zero-order chi connectivity index (χ0) is 23.3. The number of aryl methyl sites for hydroxylation is 2. The molecule has 4 aromatic rings. The topological polar surface area (TPSA) is 106 Å². The highest BCUT2D eigenvalue weighted by Gasteiger charge is 2.32. The molecule has 3 aromatic heterocycles. The molecule has 1 aromatic carbocycles. The van der Waals surface area contributed by atoms with Crippen molar-refractivity contribution in [2.45, 2.75) is 56.9 Å². The number of aromatic nitrogens is 5. The number of carbonyl (C=O) groups excluding carboxylic acids is 1. The lowest BCUT2D eigenvalue weighted by Gasteiger charge is -2.14. The van der Waals surface area contributed by atoms with E-state index in [0.717, 1.165) is 50.5 Å². The zero-order valence-corrected chi connectivity index (χ0v) is 20.4. The Kier molecular flexibility index (Phi) is 5.57. The zero-order valence-electron chi connectivity index (χ0n) is 18.8. The number of benzene rings is 1. The number of nitrogens with one attached hydrogen (secondary N) is 2. The van der Waals surface area contributed by atoms with Gasteiger partial charge in [-0.15, -0.1) is 21.5 Å². The third kappa shape index (κ3) is 4.20. The molecule has 3 heterocycles. The molecule has 0 aliphatic heterocycles. The summed E-state index contributed by atoms with van der Waals surface area (Å²) in [7, 11) is 0. The number of nitrogens with zero attached hydrogens (tertiary/aromatic N) is 4. The van der Waals surface area contributed by atoms with Crippen LogP contribution in [0.2, 0.25) is 0 Å². The minimum Gasteiger partial charge on any atom is -0.326 e. The standard InChI is InChI=1S/C23H24N6O2S2/c1-11-12(2)32-22-18(11)21(31)25-19(26-22)13(3)33-23-28-27-20(15-8-9-15)29(23)17-7-5-6-16(10-17)24-14(4)30/h5-7,10,13,15H,8-9H2,1-4H3,(H,24,30)(H,25,26,31). The number of hydrogen-bond donors (Lipinski definition) is 2. The lowest BCUT2D eigenvalue weighted by molar-refractivity contribution is -0.114. The molecule has 10 heteroatoms. The average Bonchev–Trinajstić information content (AvgIpc) is 3.46. The van der Waals surface area contributed by atoms with Crippen LogP contribution in [0.3, 0.4) is 0 Å². The van der Waals surface area contributed by atoms with Crippen LogP contribution in [-0.4, -0.2) is 30.6 Å². The Morgan fingerprint density at radius 2 is 2.09 bits per heavy atom. The van der Waals surface area contributed by atoms with E-state index in [1.165, 1.54) is 18.7 Å². The average molecular weight is 481 g/mol. The Morgan fingerprint density at radius 1 is 1.30 bits per heavy atom. The number of amides is 1. The molecule has 0 saturated heterocycles. The van der Waals surface area contributed by atoms with Gasteiger partial charge in [0, 0.05) is 23.4 Å². The van der Waals surface area contributed by atoms with Crippen LogP contribution in [0.1, 0.15) is 59.9 Å². The van der Waals surface area contributed by atoms with Crippen molar-refractivity contribution in [2.24, 2.45) is 0 Å². The highest BCUT2D eigenvalue weighted by Crippen LogP contribution is 2.43. The van der Waals surface area contributed by atoms with E-state index in [1.54, 1.807) is 11.3 Å². The smallest absolute Gasteiger partial charge is 0.259 e. The fraction of sp³-hybridized carbons (Fsp3) is 0.348. The van der Waals surface area contributed by atoms with Gasteiger partial charge in [0.15, 0.2) is 5.16 Å². The Balaban J connectivity index is 1.51. The van der Waals surface area contributed by atoms with Crippen LogP contribution in [0.4, 0.5) is 5.69 Å². The first-order chi connectivity index (χ1) is 15.8. The summed E-state index contributed by atoms with van der Waals surface area (Å²) < 4.78 is 2.06. The van der Waals surface area contributed by atoms with Crippen LogP contribution in [0.15, 0.2) is 34.2 Å². The summed E-state index contributed by atoms with van der Waals surface area (Å²) in [5.41, 5.74) is 2.50. The van der Waals surface area contributed by atoms with Gasteiger partial charge in [0.05, 0.1) is 16.3 Å². The third-order valence-electron chi connectivity index (χ3n) is 5.75. The van der Waals surface area contributed by atoms with E-state index in [9.17, 15) is 9.59 Å². The van der Waals surface area contributed by atoms with Gasteiger partial charge in [-0.05, 0) is 57.4 Å². The summed E-state index contributed by atoms with van der Waals surface area (Å²) in [6.07, 6.45) is 2.18. The fourth-order valence-corrected chi connectivity index (χ4v) is 5.78. The van der Waals surface area contributed by atoms with Crippen molar-refractivity contribution in [1.82, 2.24) is 24.7 Å². The molecule has 0 spiro atoms. The molecular formula is C23H24N6O2S2. The van der Waals surface area contributed by atoms with Gasteiger partial charge in [0.25, 0.3) is 5.56 Å². The van der Waals surface area contributed by atoms with Crippen molar-refractivity contribution in [1.29, 1.82) is 0 Å². The molecular weight excluding hydrogens is 456 g/mol. The minimum atomic E-state index is -0.140. The van der Waals surface area contributed by atoms with Crippen molar-refractivity contribution in [3.63, 3.8) is 0 Å². The molecule has 1 unspecified atom stereocenters. The molecule has 0 radical (unpaired) electrons. The van der Waals surface area contributed by atoms with Gasteiger partial charge >= 0.3 is 0 Å². The minimum absolute atomic E-state index is 0.104. The second-order valence-corrected chi connectivity index (χ2v) is 10.9. The first-order valence-corrected chi connectivity index (χ1v) is 12.5. The number of fused-ring (bicyclic) bond motifs is 1. The number of carbonyl (C=O) groups is 1. The van der Waals surface area contributed by atoms with E-state index in [2.05, 4.69) is 25.1 Å². The lowest BCUT2D eigenvalue weighted by atomic mass is 10.2. The van der Waals surface area contributed by atoms with E-state index in [0.29, 0.717) is 17.1 Å². The number of H-pyrrole nitrogens is 1. The molecule has 1 fully saturated rings. The van der Waals surface area contributed by atoms with Crippen LogP contribution in [-0.2, 0) is 4.79 Å². The van der Waals surface area contributed by atoms with Gasteiger partial charge in [-0.25, -0.2) is 4.98 Å². The second-order valence-electron chi connectivity index (χ2n) is 8.36. The number of thioether (sulfide) groups is 1. The molecule has 0 bridgehead atoms. The lowest BCUT2D eigenvalue weighted by Crippen LogP contribution is -2.13. The maximum Gasteiger partial charge on any atom is 0.259 e. The molecule has 1 atom stereocenters. The molecule has 33 heavy (non-hydrogen) atoms. The van der Waals surface area contributed by atoms with Gasteiger partial charge in [0.1, 0.15) is 16.5 Å². The summed E-state index contributed by atoms with van der Waals surface area (Å²) in [5, 5.41) is 13.1. The summed E-state index contributed by atoms with van der Waals surface area (Å²) >= 11 is 3.05. The van der Waals surface area contributed by atoms with Crippen molar-refractivity contribution in [3.05, 3.63) is 56.7 Å². The first-order valence-electron chi connectivity index (χ1n) is 10.8. The highest BCUT2D eigenvalue weighted by molar-refractivity contribution is 7.99. The summed E-state index contributed by atoms with van der Waals surface area (Å²) in [4.78, 5) is 33.9. The molecule has 170 valence electrons. The molecule has 2 N–H and O–H groups in total. The summed E-state index contributed by atoms with van der Waals surface area (Å²) in [6.45, 7) is 7.46. The SMILES string of the molecule is CC(=O)Nc1cccc(-n2c(SC(C)c3nc4sc(C)c(C)c4c(=O)[nH]3)nnc2C2CC2)c1. The number of thiophene rings is 1. The monoisotopic (exact) mass is 480 g/mol. The Hall–Kier alpha value is -2.98. The van der Waals surface area contributed by atoms with Gasteiger partial charge in [-0.2, -0.15) is 0 Å². The van der Waals surface area contributed by atoms with Gasteiger partial charge < -0.3 is 10.3 Å². The maximum absolute atomic E-state index is 12.7. The predicted octanol–water partition coefficient (Wildman–Crippen LogP) is 4.87. The van der Waals surface area contributed by atoms with E-state index in [1.807, 2.05) is 45.0 Å². The quantitative estimate of drug-likeness (QED) is 0.381. The molecule has 1 aliphatic carbocycles. The number of aromatic amines is 1. The summed E-state index contributed by atoms with van der Waals surface area (Å²) in [5.74, 6) is 1.81. The predicted molar refractivity (Wildman–Crippen MR) is 132 cm³/mol. The Labute approximate surface area is 198 Å². The van der Waals surface area contributed by atoms with Gasteiger partial charge in [-0.1, -0.05) is 17.8 Å². The molecule has 8 nitrogen and oxygen atoms in total. The van der Waals surface area contributed by atoms with E-state index >= 15 is 0 Å². The van der Waals surface area contributed by atoms with Crippen molar-refractivity contribution in [3.8, 4) is 5.69 Å². The molecule has 1 aliphatic rings. The maximum atomic E-state index is 12.7. The summed E-state index contributed by atoms with van der Waals surface area (Å²) in [6, 6.07) is 7.67. The van der Waals surface area contributed by atoms with Crippen LogP contribution in [0.5, 0.6) is 0 Å². The fourth-order valence-electron chi connectivity index (χ4n) is 3.81. The second kappa shape index (κ2) is 8.42. The van der Waals surface area contributed by atoms with Crippen molar-refractivity contribution >= 4 is 44.9 Å². The number of hydrogen-bond acceptors (Lipinski definition) is 7. The Morgan fingerprint density at radius 3 is 2.82 bits per heavy atom. The number of rotatable bonds is 6. The molecule has 1 saturated carbocycles. The van der Waals surface area contributed by atoms with E-state index in [4.69, 9.17) is 4.98 Å². The Bertz CT molecular complexity index is 1430. The van der Waals surface area contributed by atoms with Gasteiger partial charge in [0.2, 0.25) is 5.91 Å². The molecule has 1 amide bonds. The van der Waals surface area contributed by atoms with Crippen LogP contribution < -0.4 is 10.9 Å². The third-order valence-corrected chi connectivity index (χ3v) is 7.90. The first kappa shape index (κ1) is 21.8. The van der Waals surface area contributed by atoms with E-state index < -0.39 is 0 Å². The normalized spacial score (nSPS) is 14.5.